The molecule has 0 bridgehead atoms. The third-order valence-electron chi connectivity index (χ3n) is 3.88. The van der Waals surface area contributed by atoms with Crippen LogP contribution in [0.2, 0.25) is 0 Å². The van der Waals surface area contributed by atoms with E-state index in [0.717, 1.165) is 25.7 Å². The van der Waals surface area contributed by atoms with Gasteiger partial charge in [-0.15, -0.1) is 6.58 Å². The molecule has 1 aliphatic rings. The Morgan fingerprint density at radius 3 is 2.53 bits per heavy atom. The van der Waals surface area contributed by atoms with Gasteiger partial charge in [0.15, 0.2) is 0 Å². The summed E-state index contributed by atoms with van der Waals surface area (Å²) < 4.78 is 0. The molecule has 1 heteroatoms. The molecule has 90 valence electrons. The van der Waals surface area contributed by atoms with Crippen LogP contribution >= 0.6 is 0 Å². The summed E-state index contributed by atoms with van der Waals surface area (Å²) in [4.78, 5) is 12.4. The molecule has 1 aromatic rings. The highest BCUT2D eigenvalue weighted by atomic mass is 16.1. The van der Waals surface area contributed by atoms with Crippen molar-refractivity contribution in [3.05, 3.63) is 48.6 Å². The smallest absolute Gasteiger partial charge is 0.143 e. The Labute approximate surface area is 104 Å². The second-order valence-corrected chi connectivity index (χ2v) is 4.91. The molecule has 1 fully saturated rings. The number of rotatable bonds is 6. The van der Waals surface area contributed by atoms with E-state index in [1.807, 2.05) is 24.3 Å². The molecule has 1 saturated carbocycles. The van der Waals surface area contributed by atoms with Gasteiger partial charge in [0.25, 0.3) is 0 Å². The average molecular weight is 228 g/mol. The number of unbranched alkanes of at least 4 members (excludes halogenated alkanes) is 1. The van der Waals surface area contributed by atoms with Crippen molar-refractivity contribution in [2.45, 2.75) is 43.9 Å². The molecule has 0 atom stereocenters. The van der Waals surface area contributed by atoms with Gasteiger partial charge in [-0.25, -0.2) is 0 Å². The maximum absolute atomic E-state index is 12.4. The van der Waals surface area contributed by atoms with Crippen LogP contribution in [0.4, 0.5) is 0 Å². The topological polar surface area (TPSA) is 17.1 Å². The minimum absolute atomic E-state index is 0.150. The minimum Gasteiger partial charge on any atom is -0.299 e. The summed E-state index contributed by atoms with van der Waals surface area (Å²) in [7, 11) is 0. The number of allylic oxidation sites excluding steroid dienone is 1. The molecule has 0 saturated heterocycles. The number of carbonyl (C=O) groups excluding carboxylic acids is 1. The summed E-state index contributed by atoms with van der Waals surface area (Å²) in [5.41, 5.74) is 1.07. The Bertz CT molecular complexity index is 387. The average Bonchev–Trinajstić information content (AvgIpc) is 2.29. The second kappa shape index (κ2) is 5.31. The summed E-state index contributed by atoms with van der Waals surface area (Å²) in [5, 5.41) is 0. The Morgan fingerprint density at radius 1 is 1.29 bits per heavy atom. The molecular formula is C16H20O. The van der Waals surface area contributed by atoms with Gasteiger partial charge in [0, 0.05) is 6.42 Å². The van der Waals surface area contributed by atoms with Gasteiger partial charge < -0.3 is 0 Å². The lowest BCUT2D eigenvalue weighted by Gasteiger charge is -2.41. The van der Waals surface area contributed by atoms with E-state index in [1.165, 1.54) is 12.0 Å². The highest BCUT2D eigenvalue weighted by molar-refractivity contribution is 5.91. The minimum atomic E-state index is -0.150. The Kier molecular flexibility index (Phi) is 3.78. The van der Waals surface area contributed by atoms with Gasteiger partial charge >= 0.3 is 0 Å². The fourth-order valence-corrected chi connectivity index (χ4v) is 2.66. The van der Waals surface area contributed by atoms with Crippen LogP contribution in [0.25, 0.3) is 0 Å². The quantitative estimate of drug-likeness (QED) is 0.530. The van der Waals surface area contributed by atoms with E-state index in [9.17, 15) is 4.79 Å². The summed E-state index contributed by atoms with van der Waals surface area (Å²) in [6.45, 7) is 3.70. The molecule has 0 N–H and O–H groups in total. The number of Topliss-reactive ketones (excluding diaryl/α,β-unsaturated/α-hetero) is 1. The molecule has 0 unspecified atom stereocenters. The Morgan fingerprint density at radius 2 is 2.00 bits per heavy atom. The van der Waals surface area contributed by atoms with Crippen molar-refractivity contribution < 1.29 is 4.79 Å². The van der Waals surface area contributed by atoms with Gasteiger partial charge in [-0.05, 0) is 31.2 Å². The number of carbonyl (C=O) groups is 1. The van der Waals surface area contributed by atoms with Gasteiger partial charge in [-0.2, -0.15) is 0 Å². The van der Waals surface area contributed by atoms with E-state index < -0.39 is 0 Å². The van der Waals surface area contributed by atoms with Crippen molar-refractivity contribution in [2.24, 2.45) is 0 Å². The molecular weight excluding hydrogens is 208 g/mol. The summed E-state index contributed by atoms with van der Waals surface area (Å²) in [6.07, 6.45) is 7.72. The molecule has 1 aromatic carbocycles. The molecule has 0 aliphatic heterocycles. The van der Waals surface area contributed by atoms with Crippen LogP contribution in [0.15, 0.2) is 43.0 Å². The van der Waals surface area contributed by atoms with Crippen LogP contribution in [-0.4, -0.2) is 5.78 Å². The molecule has 1 nitrogen and oxygen atoms in total. The SMILES string of the molecule is C=CCCCC(=O)C1(c2ccccc2)CCC1. The van der Waals surface area contributed by atoms with Crippen LogP contribution < -0.4 is 0 Å². The molecule has 0 radical (unpaired) electrons. The summed E-state index contributed by atoms with van der Waals surface area (Å²) in [6, 6.07) is 10.3. The van der Waals surface area contributed by atoms with Gasteiger partial charge in [0.1, 0.15) is 5.78 Å². The van der Waals surface area contributed by atoms with E-state index in [2.05, 4.69) is 18.7 Å². The van der Waals surface area contributed by atoms with Gasteiger partial charge in [-0.3, -0.25) is 4.79 Å². The predicted octanol–water partition coefficient (Wildman–Crippen LogP) is 4.03. The zero-order valence-corrected chi connectivity index (χ0v) is 10.3. The zero-order chi connectivity index (χ0) is 12.1. The van der Waals surface area contributed by atoms with Crippen molar-refractivity contribution in [2.75, 3.05) is 0 Å². The molecule has 17 heavy (non-hydrogen) atoms. The Balaban J connectivity index is 2.09. The maximum atomic E-state index is 12.4. The highest BCUT2D eigenvalue weighted by Gasteiger charge is 2.44. The third kappa shape index (κ3) is 2.33. The molecule has 0 spiro atoms. The van der Waals surface area contributed by atoms with E-state index >= 15 is 0 Å². The molecule has 2 rings (SSSR count). The molecule has 0 heterocycles. The van der Waals surface area contributed by atoms with Crippen LogP contribution in [0.1, 0.15) is 44.1 Å². The van der Waals surface area contributed by atoms with Gasteiger partial charge in [0.05, 0.1) is 5.41 Å². The summed E-state index contributed by atoms with van der Waals surface area (Å²) in [5.74, 6) is 0.428. The van der Waals surface area contributed by atoms with Crippen LogP contribution in [-0.2, 0) is 10.2 Å². The van der Waals surface area contributed by atoms with E-state index in [1.54, 1.807) is 0 Å². The lowest BCUT2D eigenvalue weighted by molar-refractivity contribution is -0.127. The van der Waals surface area contributed by atoms with Crippen molar-refractivity contribution in [1.82, 2.24) is 0 Å². The van der Waals surface area contributed by atoms with Crippen LogP contribution in [0, 0.1) is 0 Å². The van der Waals surface area contributed by atoms with E-state index in [4.69, 9.17) is 0 Å². The first-order valence-corrected chi connectivity index (χ1v) is 6.49. The molecule has 0 amide bonds. The third-order valence-corrected chi connectivity index (χ3v) is 3.88. The summed E-state index contributed by atoms with van der Waals surface area (Å²) >= 11 is 0. The van der Waals surface area contributed by atoms with E-state index in [0.29, 0.717) is 12.2 Å². The lowest BCUT2D eigenvalue weighted by Crippen LogP contribution is -2.42. The van der Waals surface area contributed by atoms with Crippen molar-refractivity contribution in [3.8, 4) is 0 Å². The first-order chi connectivity index (χ1) is 8.29. The first kappa shape index (κ1) is 12.1. The van der Waals surface area contributed by atoms with Crippen molar-refractivity contribution >= 4 is 5.78 Å². The molecule has 0 aromatic heterocycles. The molecule has 1 aliphatic carbocycles. The zero-order valence-electron chi connectivity index (χ0n) is 10.3. The van der Waals surface area contributed by atoms with E-state index in [-0.39, 0.29) is 5.41 Å². The fraction of sp³-hybridized carbons (Fsp3) is 0.438. The Hall–Kier alpha value is -1.37. The van der Waals surface area contributed by atoms with Crippen LogP contribution in [0.5, 0.6) is 0 Å². The normalized spacial score (nSPS) is 17.2. The van der Waals surface area contributed by atoms with Gasteiger partial charge in [0.2, 0.25) is 0 Å². The number of ketones is 1. The van der Waals surface area contributed by atoms with Crippen LogP contribution in [0.3, 0.4) is 0 Å². The standard InChI is InChI=1S/C16H20O/c1-2-3-5-11-15(17)16(12-8-13-16)14-9-6-4-7-10-14/h2,4,6-7,9-10H,1,3,5,8,11-13H2. The number of hydrogen-bond donors (Lipinski definition) is 0. The first-order valence-electron chi connectivity index (χ1n) is 6.49. The predicted molar refractivity (Wildman–Crippen MR) is 71.0 cm³/mol. The van der Waals surface area contributed by atoms with Crippen molar-refractivity contribution in [3.63, 3.8) is 0 Å². The number of hydrogen-bond acceptors (Lipinski definition) is 1. The largest absolute Gasteiger partial charge is 0.299 e. The lowest BCUT2D eigenvalue weighted by atomic mass is 9.61. The van der Waals surface area contributed by atoms with Gasteiger partial charge in [-0.1, -0.05) is 42.8 Å². The number of benzene rings is 1. The monoisotopic (exact) mass is 228 g/mol. The van der Waals surface area contributed by atoms with Crippen molar-refractivity contribution in [1.29, 1.82) is 0 Å². The maximum Gasteiger partial charge on any atom is 0.143 e. The fourth-order valence-electron chi connectivity index (χ4n) is 2.66. The second-order valence-electron chi connectivity index (χ2n) is 4.91. The highest BCUT2D eigenvalue weighted by Crippen LogP contribution is 2.45.